The van der Waals surface area contributed by atoms with Crippen LogP contribution in [0.4, 0.5) is 18.0 Å². The fourth-order valence-corrected chi connectivity index (χ4v) is 2.38. The Kier molecular flexibility index (Phi) is 8.84. The molecule has 0 fully saturated rings. The molecular formula is C21H24F3NO6. The quantitative estimate of drug-likeness (QED) is 0.216. The second-order valence-corrected chi connectivity index (χ2v) is 7.27. The third kappa shape index (κ3) is 8.53. The summed E-state index contributed by atoms with van der Waals surface area (Å²) >= 11 is 0. The molecule has 1 aromatic carbocycles. The number of allylic oxidation sites excluding steroid dienone is 3. The number of carbonyl (C=O) groups excluding carboxylic acids is 3. The van der Waals surface area contributed by atoms with Gasteiger partial charge < -0.3 is 19.5 Å². The van der Waals surface area contributed by atoms with Gasteiger partial charge in [-0.05, 0) is 38.5 Å². The van der Waals surface area contributed by atoms with Gasteiger partial charge in [0, 0.05) is 6.42 Å². The zero-order valence-corrected chi connectivity index (χ0v) is 17.5. The fraction of sp³-hybridized carbons (Fsp3) is 0.381. The molecule has 0 heterocycles. The van der Waals surface area contributed by atoms with Crippen molar-refractivity contribution in [2.24, 2.45) is 0 Å². The highest BCUT2D eigenvalue weighted by molar-refractivity contribution is 5.81. The van der Waals surface area contributed by atoms with Crippen LogP contribution in [0.5, 0.6) is 5.75 Å². The second kappa shape index (κ2) is 10.6. The molecule has 1 rings (SSSR count). The Morgan fingerprint density at radius 3 is 2.35 bits per heavy atom. The number of methoxy groups -OCH3 is 1. The van der Waals surface area contributed by atoms with Crippen LogP contribution < -0.4 is 10.1 Å². The number of nitrogens with one attached hydrogen (secondary N) is 1. The van der Waals surface area contributed by atoms with Crippen LogP contribution in [0.1, 0.15) is 26.3 Å². The molecule has 0 spiro atoms. The Hall–Kier alpha value is -3.30. The first-order valence-corrected chi connectivity index (χ1v) is 9.04. The summed E-state index contributed by atoms with van der Waals surface area (Å²) in [6.07, 6.45) is -5.34. The maximum atomic E-state index is 13.0. The SMILES string of the molecule is C=C/C(=C(\C=O)Oc1cccc(C[C@H](NC(=O)OC(C)(C)C)C(=O)OC)c1)C(F)(F)F. The summed E-state index contributed by atoms with van der Waals surface area (Å²) in [6.45, 7) is 8.01. The van der Waals surface area contributed by atoms with Crippen LogP contribution in [-0.2, 0) is 25.5 Å². The molecule has 0 saturated carbocycles. The second-order valence-electron chi connectivity index (χ2n) is 7.27. The van der Waals surface area contributed by atoms with E-state index < -0.39 is 41.2 Å². The normalized spacial score (nSPS) is 13.4. The summed E-state index contributed by atoms with van der Waals surface area (Å²) in [5.74, 6) is -1.79. The van der Waals surface area contributed by atoms with Crippen LogP contribution in [0.25, 0.3) is 0 Å². The van der Waals surface area contributed by atoms with Crippen LogP contribution in [0.3, 0.4) is 0 Å². The molecule has 0 bridgehead atoms. The number of hydrogen-bond acceptors (Lipinski definition) is 6. The molecule has 1 amide bonds. The Bertz CT molecular complexity index is 855. The maximum Gasteiger partial charge on any atom is 0.420 e. The minimum Gasteiger partial charge on any atom is -0.467 e. The topological polar surface area (TPSA) is 90.9 Å². The first kappa shape index (κ1) is 25.7. The van der Waals surface area contributed by atoms with Crippen LogP contribution in [0.15, 0.2) is 48.3 Å². The molecule has 0 aliphatic rings. The number of benzene rings is 1. The number of alkyl halides is 3. The van der Waals surface area contributed by atoms with Crippen molar-refractivity contribution in [2.45, 2.75) is 45.0 Å². The number of alkyl carbamates (subject to hydrolysis) is 1. The van der Waals surface area contributed by atoms with Crippen molar-refractivity contribution < 1.29 is 41.8 Å². The minimum absolute atomic E-state index is 0.0709. The minimum atomic E-state index is -4.83. The summed E-state index contributed by atoms with van der Waals surface area (Å²) < 4.78 is 53.9. The van der Waals surface area contributed by atoms with Crippen LogP contribution >= 0.6 is 0 Å². The van der Waals surface area contributed by atoms with Gasteiger partial charge in [-0.2, -0.15) is 13.2 Å². The Morgan fingerprint density at radius 2 is 1.87 bits per heavy atom. The van der Waals surface area contributed by atoms with Gasteiger partial charge in [-0.25, -0.2) is 9.59 Å². The molecule has 31 heavy (non-hydrogen) atoms. The third-order valence-electron chi connectivity index (χ3n) is 3.62. The molecular weight excluding hydrogens is 419 g/mol. The lowest BCUT2D eigenvalue weighted by molar-refractivity contribution is -0.143. The average Bonchev–Trinajstić information content (AvgIpc) is 2.64. The molecule has 0 aliphatic heterocycles. The van der Waals surface area contributed by atoms with Crippen molar-refractivity contribution in [3.05, 3.63) is 53.8 Å². The number of hydrogen-bond donors (Lipinski definition) is 1. The van der Waals surface area contributed by atoms with Gasteiger partial charge in [0.15, 0.2) is 12.0 Å². The third-order valence-corrected chi connectivity index (χ3v) is 3.62. The highest BCUT2D eigenvalue weighted by Gasteiger charge is 2.35. The van der Waals surface area contributed by atoms with E-state index in [1.807, 2.05) is 0 Å². The predicted octanol–water partition coefficient (Wildman–Crippen LogP) is 3.88. The van der Waals surface area contributed by atoms with Gasteiger partial charge in [-0.1, -0.05) is 24.8 Å². The van der Waals surface area contributed by atoms with Gasteiger partial charge in [0.05, 0.1) is 7.11 Å². The van der Waals surface area contributed by atoms with Gasteiger partial charge in [0.2, 0.25) is 0 Å². The molecule has 7 nitrogen and oxygen atoms in total. The van der Waals surface area contributed by atoms with E-state index in [9.17, 15) is 27.6 Å². The molecule has 1 atom stereocenters. The van der Waals surface area contributed by atoms with Crippen molar-refractivity contribution in [1.82, 2.24) is 5.32 Å². The van der Waals surface area contributed by atoms with Gasteiger partial charge >= 0.3 is 18.2 Å². The number of esters is 1. The monoisotopic (exact) mass is 443 g/mol. The van der Waals surface area contributed by atoms with Gasteiger partial charge in [0.25, 0.3) is 0 Å². The number of ether oxygens (including phenoxy) is 3. The van der Waals surface area contributed by atoms with Crippen molar-refractivity contribution in [1.29, 1.82) is 0 Å². The molecule has 1 aromatic rings. The number of rotatable bonds is 8. The van der Waals surface area contributed by atoms with E-state index in [1.165, 1.54) is 18.2 Å². The van der Waals surface area contributed by atoms with Gasteiger partial charge in [0.1, 0.15) is 23.0 Å². The summed E-state index contributed by atoms with van der Waals surface area (Å²) in [7, 11) is 1.14. The number of halogens is 3. The number of aldehydes is 1. The number of carbonyl (C=O) groups is 3. The predicted molar refractivity (Wildman–Crippen MR) is 105 cm³/mol. The smallest absolute Gasteiger partial charge is 0.420 e. The van der Waals surface area contributed by atoms with Crippen molar-refractivity contribution >= 4 is 18.3 Å². The molecule has 0 aliphatic carbocycles. The van der Waals surface area contributed by atoms with E-state index in [0.29, 0.717) is 11.6 Å². The standard InChI is InChI=1S/C21H24F3NO6/c1-6-15(21(22,23)24)17(12-26)30-14-9-7-8-13(10-14)11-16(18(27)29-5)25-19(28)31-20(2,3)4/h6-10,12,16H,1,11H2,2-5H3,(H,25,28)/b17-15-/t16-/m0/s1. The first-order chi connectivity index (χ1) is 14.3. The molecule has 0 aromatic heterocycles. The lowest BCUT2D eigenvalue weighted by Gasteiger charge is -2.22. The van der Waals surface area contributed by atoms with Crippen LogP contribution in [-0.4, -0.2) is 43.3 Å². The summed E-state index contributed by atoms with van der Waals surface area (Å²) in [4.78, 5) is 35.2. The number of amides is 1. The van der Waals surface area contributed by atoms with E-state index in [2.05, 4.69) is 16.6 Å². The Labute approximate surface area is 177 Å². The molecule has 10 heteroatoms. The molecule has 1 N–H and O–H groups in total. The van der Waals surface area contributed by atoms with Crippen LogP contribution in [0.2, 0.25) is 0 Å². The lowest BCUT2D eigenvalue weighted by Crippen LogP contribution is -2.45. The van der Waals surface area contributed by atoms with E-state index in [1.54, 1.807) is 26.8 Å². The summed E-state index contributed by atoms with van der Waals surface area (Å²) in [5, 5.41) is 2.39. The molecule has 170 valence electrons. The molecule has 0 unspecified atom stereocenters. The van der Waals surface area contributed by atoms with Crippen molar-refractivity contribution in [3.63, 3.8) is 0 Å². The summed E-state index contributed by atoms with van der Waals surface area (Å²) in [5.41, 5.74) is -1.70. The average molecular weight is 443 g/mol. The fourth-order valence-electron chi connectivity index (χ4n) is 2.38. The maximum absolute atomic E-state index is 13.0. The van der Waals surface area contributed by atoms with E-state index in [4.69, 9.17) is 9.47 Å². The highest BCUT2D eigenvalue weighted by atomic mass is 19.4. The molecule has 0 radical (unpaired) electrons. The zero-order chi connectivity index (χ0) is 23.8. The first-order valence-electron chi connectivity index (χ1n) is 9.04. The van der Waals surface area contributed by atoms with E-state index in [-0.39, 0.29) is 18.5 Å². The van der Waals surface area contributed by atoms with E-state index >= 15 is 0 Å². The summed E-state index contributed by atoms with van der Waals surface area (Å²) in [6, 6.07) is 4.54. The van der Waals surface area contributed by atoms with Gasteiger partial charge in [-0.3, -0.25) is 4.79 Å². The zero-order valence-electron chi connectivity index (χ0n) is 17.5. The lowest BCUT2D eigenvalue weighted by atomic mass is 10.1. The van der Waals surface area contributed by atoms with E-state index in [0.717, 1.165) is 7.11 Å². The Balaban J connectivity index is 3.10. The largest absolute Gasteiger partial charge is 0.467 e. The highest BCUT2D eigenvalue weighted by Crippen LogP contribution is 2.30. The molecule has 0 saturated heterocycles. The van der Waals surface area contributed by atoms with Crippen LogP contribution in [0, 0.1) is 0 Å². The van der Waals surface area contributed by atoms with Crippen molar-refractivity contribution in [2.75, 3.05) is 7.11 Å². The van der Waals surface area contributed by atoms with Gasteiger partial charge in [-0.15, -0.1) is 0 Å². The van der Waals surface area contributed by atoms with Crippen molar-refractivity contribution in [3.8, 4) is 5.75 Å². The Morgan fingerprint density at radius 1 is 1.23 bits per heavy atom.